The molecule has 0 saturated carbocycles. The molecule has 2 heterocycles. The van der Waals surface area contributed by atoms with E-state index in [2.05, 4.69) is 36.8 Å². The summed E-state index contributed by atoms with van der Waals surface area (Å²) in [4.78, 5) is 2.07. The quantitative estimate of drug-likeness (QED) is 0.762. The molecular weight excluding hydrogens is 232 g/mol. The lowest BCUT2D eigenvalue weighted by Gasteiger charge is -2.14. The summed E-state index contributed by atoms with van der Waals surface area (Å²) in [6.07, 6.45) is 2.83. The minimum absolute atomic E-state index is 0.590. The Labute approximate surface area is 106 Å². The molecule has 0 bridgehead atoms. The van der Waals surface area contributed by atoms with E-state index < -0.39 is 0 Å². The van der Waals surface area contributed by atoms with Crippen LogP contribution in [0.15, 0.2) is 10.7 Å². The fraction of sp³-hybridized carbons (Fsp3) is 0.636. The van der Waals surface area contributed by atoms with E-state index in [1.165, 1.54) is 0 Å². The number of nitrogens with zero attached hydrogens (tertiary/aromatic N) is 6. The molecule has 0 aliphatic carbocycles. The summed E-state index contributed by atoms with van der Waals surface area (Å²) < 4.78 is 7.41. The van der Waals surface area contributed by atoms with E-state index in [4.69, 9.17) is 4.42 Å². The highest BCUT2D eigenvalue weighted by Crippen LogP contribution is 2.06. The molecule has 0 saturated heterocycles. The molecule has 18 heavy (non-hydrogen) atoms. The van der Waals surface area contributed by atoms with Gasteiger partial charge < -0.3 is 8.98 Å². The molecule has 2 aromatic rings. The van der Waals surface area contributed by atoms with Crippen molar-refractivity contribution in [3.8, 4) is 0 Å². The van der Waals surface area contributed by atoms with E-state index in [-0.39, 0.29) is 0 Å². The van der Waals surface area contributed by atoms with Crippen LogP contribution < -0.4 is 0 Å². The van der Waals surface area contributed by atoms with Crippen molar-refractivity contribution < 1.29 is 4.42 Å². The molecule has 0 N–H and O–H groups in total. The van der Waals surface area contributed by atoms with Crippen LogP contribution in [0.1, 0.15) is 31.0 Å². The van der Waals surface area contributed by atoms with Gasteiger partial charge in [0.15, 0.2) is 0 Å². The number of aromatic nitrogens is 5. The second kappa shape index (κ2) is 5.72. The molecule has 2 aromatic heterocycles. The van der Waals surface area contributed by atoms with Gasteiger partial charge in [-0.25, -0.2) is 0 Å². The van der Waals surface area contributed by atoms with Gasteiger partial charge in [0.25, 0.3) is 0 Å². The third-order valence-electron chi connectivity index (χ3n) is 2.54. The first kappa shape index (κ1) is 12.7. The summed E-state index contributed by atoms with van der Waals surface area (Å²) in [5, 5.41) is 15.8. The standard InChI is InChI=1S/C11H18N6O/c1-4-5-17-8-12-14-10(17)6-16(3)7-11-15-13-9(2)18-11/h8H,4-7H2,1-3H3. The molecule has 0 unspecified atom stereocenters. The molecular formula is C11H18N6O. The van der Waals surface area contributed by atoms with Crippen LogP contribution in [0.25, 0.3) is 0 Å². The van der Waals surface area contributed by atoms with Gasteiger partial charge in [0.05, 0.1) is 13.1 Å². The molecule has 0 aromatic carbocycles. The number of rotatable bonds is 6. The van der Waals surface area contributed by atoms with Gasteiger partial charge >= 0.3 is 0 Å². The van der Waals surface area contributed by atoms with Gasteiger partial charge in [-0.3, -0.25) is 4.90 Å². The lowest BCUT2D eigenvalue weighted by atomic mass is 10.4. The zero-order chi connectivity index (χ0) is 13.0. The zero-order valence-electron chi connectivity index (χ0n) is 11.0. The first-order chi connectivity index (χ1) is 8.69. The normalized spacial score (nSPS) is 11.3. The Morgan fingerprint density at radius 3 is 2.78 bits per heavy atom. The molecule has 0 atom stereocenters. The van der Waals surface area contributed by atoms with Crippen molar-refractivity contribution in [3.63, 3.8) is 0 Å². The molecule has 7 nitrogen and oxygen atoms in total. The molecule has 0 aliphatic heterocycles. The van der Waals surface area contributed by atoms with E-state index in [0.29, 0.717) is 24.9 Å². The van der Waals surface area contributed by atoms with Crippen molar-refractivity contribution in [1.29, 1.82) is 0 Å². The molecule has 7 heteroatoms. The monoisotopic (exact) mass is 250 g/mol. The van der Waals surface area contributed by atoms with Gasteiger partial charge in [-0.15, -0.1) is 20.4 Å². The predicted molar refractivity (Wildman–Crippen MR) is 64.5 cm³/mol. The first-order valence-electron chi connectivity index (χ1n) is 6.03. The Bertz CT molecular complexity index is 491. The molecule has 0 radical (unpaired) electrons. The Morgan fingerprint density at radius 1 is 1.28 bits per heavy atom. The number of aryl methyl sites for hydroxylation is 2. The SMILES string of the molecule is CCCn1cnnc1CN(C)Cc1nnc(C)o1. The summed E-state index contributed by atoms with van der Waals surface area (Å²) in [6, 6.07) is 0. The van der Waals surface area contributed by atoms with Crippen molar-refractivity contribution in [3.05, 3.63) is 23.9 Å². The zero-order valence-corrected chi connectivity index (χ0v) is 11.0. The van der Waals surface area contributed by atoms with E-state index in [1.807, 2.05) is 7.05 Å². The van der Waals surface area contributed by atoms with Crippen LogP contribution in [-0.4, -0.2) is 36.9 Å². The van der Waals surface area contributed by atoms with Crippen molar-refractivity contribution in [2.45, 2.75) is 39.9 Å². The summed E-state index contributed by atoms with van der Waals surface area (Å²) in [7, 11) is 1.99. The van der Waals surface area contributed by atoms with Crippen LogP contribution in [0, 0.1) is 6.92 Å². The van der Waals surface area contributed by atoms with Crippen molar-refractivity contribution in [2.75, 3.05) is 7.05 Å². The summed E-state index contributed by atoms with van der Waals surface area (Å²) in [5.41, 5.74) is 0. The van der Waals surface area contributed by atoms with Gasteiger partial charge in [0, 0.05) is 13.5 Å². The van der Waals surface area contributed by atoms with E-state index in [0.717, 1.165) is 18.8 Å². The minimum Gasteiger partial charge on any atom is -0.424 e. The fourth-order valence-corrected chi connectivity index (χ4v) is 1.76. The lowest BCUT2D eigenvalue weighted by Crippen LogP contribution is -2.20. The Kier molecular flexibility index (Phi) is 4.03. The van der Waals surface area contributed by atoms with Gasteiger partial charge in [-0.2, -0.15) is 0 Å². The molecule has 2 rings (SSSR count). The molecule has 0 aliphatic rings. The largest absolute Gasteiger partial charge is 0.424 e. The maximum absolute atomic E-state index is 5.34. The molecule has 0 spiro atoms. The van der Waals surface area contributed by atoms with E-state index in [1.54, 1.807) is 13.3 Å². The summed E-state index contributed by atoms with van der Waals surface area (Å²) in [5.74, 6) is 2.17. The van der Waals surface area contributed by atoms with Gasteiger partial charge in [-0.1, -0.05) is 6.92 Å². The smallest absolute Gasteiger partial charge is 0.230 e. The maximum atomic E-state index is 5.34. The van der Waals surface area contributed by atoms with Crippen LogP contribution in [-0.2, 0) is 19.6 Å². The first-order valence-corrected chi connectivity index (χ1v) is 6.03. The van der Waals surface area contributed by atoms with Crippen molar-refractivity contribution >= 4 is 0 Å². The van der Waals surface area contributed by atoms with Gasteiger partial charge in [0.2, 0.25) is 11.8 Å². The molecule has 98 valence electrons. The average molecular weight is 250 g/mol. The van der Waals surface area contributed by atoms with Crippen molar-refractivity contribution in [2.24, 2.45) is 0 Å². The predicted octanol–water partition coefficient (Wildman–Crippen LogP) is 1.01. The summed E-state index contributed by atoms with van der Waals surface area (Å²) in [6.45, 7) is 6.18. The highest BCUT2D eigenvalue weighted by molar-refractivity contribution is 4.87. The molecule has 0 fully saturated rings. The maximum Gasteiger partial charge on any atom is 0.230 e. The van der Waals surface area contributed by atoms with E-state index >= 15 is 0 Å². The Hall–Kier alpha value is -1.76. The topological polar surface area (TPSA) is 72.9 Å². The third kappa shape index (κ3) is 3.13. The Balaban J connectivity index is 1.94. The average Bonchev–Trinajstić information content (AvgIpc) is 2.90. The number of hydrogen-bond donors (Lipinski definition) is 0. The number of hydrogen-bond acceptors (Lipinski definition) is 6. The van der Waals surface area contributed by atoms with Gasteiger partial charge in [0.1, 0.15) is 12.2 Å². The van der Waals surface area contributed by atoms with Crippen LogP contribution in [0.5, 0.6) is 0 Å². The van der Waals surface area contributed by atoms with Crippen molar-refractivity contribution in [1.82, 2.24) is 29.9 Å². The fourth-order valence-electron chi connectivity index (χ4n) is 1.76. The van der Waals surface area contributed by atoms with Crippen LogP contribution in [0.4, 0.5) is 0 Å². The molecule has 0 amide bonds. The minimum atomic E-state index is 0.590. The van der Waals surface area contributed by atoms with Crippen LogP contribution in [0.2, 0.25) is 0 Å². The second-order valence-electron chi connectivity index (χ2n) is 4.33. The van der Waals surface area contributed by atoms with Gasteiger partial charge in [-0.05, 0) is 13.5 Å². The van der Waals surface area contributed by atoms with E-state index in [9.17, 15) is 0 Å². The third-order valence-corrected chi connectivity index (χ3v) is 2.54. The Morgan fingerprint density at radius 2 is 2.11 bits per heavy atom. The lowest BCUT2D eigenvalue weighted by molar-refractivity contribution is 0.268. The van der Waals surface area contributed by atoms with Crippen LogP contribution >= 0.6 is 0 Å². The van der Waals surface area contributed by atoms with Crippen LogP contribution in [0.3, 0.4) is 0 Å². The second-order valence-corrected chi connectivity index (χ2v) is 4.33. The summed E-state index contributed by atoms with van der Waals surface area (Å²) >= 11 is 0. The highest BCUT2D eigenvalue weighted by Gasteiger charge is 2.10. The highest BCUT2D eigenvalue weighted by atomic mass is 16.4.